The van der Waals surface area contributed by atoms with Gasteiger partial charge < -0.3 is 20.8 Å². The quantitative estimate of drug-likeness (QED) is 0.641. The zero-order valence-electron chi connectivity index (χ0n) is 9.15. The van der Waals surface area contributed by atoms with Crippen LogP contribution >= 0.6 is 24.4 Å². The number of aliphatic hydroxyl groups is 2. The summed E-state index contributed by atoms with van der Waals surface area (Å²) < 4.78 is 0. The van der Waals surface area contributed by atoms with E-state index in [0.29, 0.717) is 0 Å². The number of nitrogens with two attached hydrogens (primary N) is 1. The van der Waals surface area contributed by atoms with Crippen LogP contribution in [0.2, 0.25) is 0 Å². The number of rotatable bonds is 2. The molecule has 4 N–H and O–H groups in total. The molecular formula is C8H20N2O2S2. The molecule has 0 aliphatic carbocycles. The summed E-state index contributed by atoms with van der Waals surface area (Å²) in [5, 5.41) is 15.7. The molecule has 0 atom stereocenters. The fourth-order valence-corrected chi connectivity index (χ4v) is 0.752. The van der Waals surface area contributed by atoms with Gasteiger partial charge in [0.15, 0.2) is 0 Å². The summed E-state index contributed by atoms with van der Waals surface area (Å²) in [6.07, 6.45) is 0. The first-order chi connectivity index (χ1) is 6.45. The van der Waals surface area contributed by atoms with Crippen molar-refractivity contribution < 1.29 is 10.2 Å². The van der Waals surface area contributed by atoms with E-state index in [2.05, 4.69) is 30.2 Å². The molecule has 0 saturated heterocycles. The molecule has 0 saturated carbocycles. The number of thiocarbonyl (C=S) groups is 2. The molecule has 0 aliphatic rings. The monoisotopic (exact) mass is 240 g/mol. The van der Waals surface area contributed by atoms with Crippen LogP contribution in [0.15, 0.2) is 0 Å². The lowest BCUT2D eigenvalue weighted by molar-refractivity contribution is 0.371. The van der Waals surface area contributed by atoms with Gasteiger partial charge in [0.25, 0.3) is 10.3 Å². The third-order valence-corrected chi connectivity index (χ3v) is 1.29. The average molecular weight is 240 g/mol. The molecule has 0 spiro atoms. The second-order valence-electron chi connectivity index (χ2n) is 1.79. The van der Waals surface area contributed by atoms with Crippen LogP contribution in [0.5, 0.6) is 0 Å². The van der Waals surface area contributed by atoms with Gasteiger partial charge in [-0.05, 0) is 38.3 Å². The molecule has 6 heteroatoms. The largest absolute Gasteiger partial charge is 0.487 e. The van der Waals surface area contributed by atoms with E-state index in [4.69, 9.17) is 10.2 Å². The first kappa shape index (κ1) is 19.0. The molecule has 0 aromatic rings. The lowest BCUT2D eigenvalue weighted by Gasteiger charge is -2.15. The van der Waals surface area contributed by atoms with E-state index in [-0.39, 0.29) is 5.17 Å². The van der Waals surface area contributed by atoms with Gasteiger partial charge >= 0.3 is 0 Å². The maximum atomic E-state index is 8.67. The topological polar surface area (TPSA) is 69.7 Å². The van der Waals surface area contributed by atoms with E-state index >= 15 is 0 Å². The molecule has 14 heavy (non-hydrogen) atoms. The van der Waals surface area contributed by atoms with E-state index in [9.17, 15) is 0 Å². The molecule has 0 rings (SSSR count). The highest BCUT2D eigenvalue weighted by atomic mass is 32.1. The normalized spacial score (nSPS) is 7.14. The third kappa shape index (κ3) is 22.5. The van der Waals surface area contributed by atoms with Gasteiger partial charge in [-0.25, -0.2) is 0 Å². The molecule has 0 aromatic heterocycles. The van der Waals surface area contributed by atoms with Gasteiger partial charge in [-0.3, -0.25) is 0 Å². The summed E-state index contributed by atoms with van der Waals surface area (Å²) in [6.45, 7) is 9.47. The van der Waals surface area contributed by atoms with Crippen LogP contribution in [0, 0.1) is 0 Å². The lowest BCUT2D eigenvalue weighted by atomic mass is 10.6. The second-order valence-corrected chi connectivity index (χ2v) is 2.58. The van der Waals surface area contributed by atoms with Crippen LogP contribution in [-0.4, -0.2) is 38.6 Å². The van der Waals surface area contributed by atoms with Crippen molar-refractivity contribution in [3.05, 3.63) is 0 Å². The Labute approximate surface area is 96.7 Å². The van der Waals surface area contributed by atoms with Gasteiger partial charge in [0, 0.05) is 13.1 Å². The van der Waals surface area contributed by atoms with Gasteiger partial charge in [0.1, 0.15) is 0 Å². The predicted molar refractivity (Wildman–Crippen MR) is 68.9 cm³/mol. The molecule has 0 heterocycles. The Kier molecular flexibility index (Phi) is 20.2. The maximum absolute atomic E-state index is 8.67. The Morgan fingerprint density at radius 2 is 1.36 bits per heavy atom. The maximum Gasteiger partial charge on any atom is 0.256 e. The van der Waals surface area contributed by atoms with Crippen molar-refractivity contribution in [2.45, 2.75) is 27.7 Å². The highest BCUT2D eigenvalue weighted by molar-refractivity contribution is 7.80. The average Bonchev–Trinajstić information content (AvgIpc) is 2.08. The Morgan fingerprint density at radius 3 is 1.36 bits per heavy atom. The molecule has 0 amide bonds. The Balaban J connectivity index is -0.000000170. The Hall–Kier alpha value is -0.620. The van der Waals surface area contributed by atoms with Crippen LogP contribution in [-0.2, 0) is 0 Å². The smallest absolute Gasteiger partial charge is 0.256 e. The number of hydrogen-bond acceptors (Lipinski definition) is 2. The minimum Gasteiger partial charge on any atom is -0.487 e. The van der Waals surface area contributed by atoms with E-state index < -0.39 is 5.17 Å². The van der Waals surface area contributed by atoms with Crippen molar-refractivity contribution in [1.29, 1.82) is 0 Å². The fourth-order valence-electron chi connectivity index (χ4n) is 0.494. The van der Waals surface area contributed by atoms with Crippen molar-refractivity contribution in [2.75, 3.05) is 13.1 Å². The van der Waals surface area contributed by atoms with E-state index in [1.165, 1.54) is 0 Å². The van der Waals surface area contributed by atoms with Gasteiger partial charge in [-0.1, -0.05) is 13.8 Å². The zero-order chi connectivity index (χ0) is 12.1. The van der Waals surface area contributed by atoms with E-state index in [1.54, 1.807) is 4.90 Å². The van der Waals surface area contributed by atoms with Crippen LogP contribution in [0.3, 0.4) is 0 Å². The van der Waals surface area contributed by atoms with Gasteiger partial charge in [0.05, 0.1) is 0 Å². The highest BCUT2D eigenvalue weighted by Crippen LogP contribution is 1.85. The van der Waals surface area contributed by atoms with Crippen LogP contribution < -0.4 is 5.73 Å². The number of hydrogen-bond donors (Lipinski definition) is 3. The van der Waals surface area contributed by atoms with Crippen LogP contribution in [0.1, 0.15) is 27.7 Å². The molecular weight excluding hydrogens is 220 g/mol. The summed E-state index contributed by atoms with van der Waals surface area (Å²) in [4.78, 5) is 1.70. The molecule has 0 bridgehead atoms. The van der Waals surface area contributed by atoms with Gasteiger partial charge in [-0.2, -0.15) is 0 Å². The minimum atomic E-state index is -0.500. The standard InChI is InChI=1S/C5H11NOS.C2H6.CH3NOS/c1-3-6(4-2)5(7)8;1-2;2-1(3)4/h3-4H2,1-2H3,(H,7,8);1-2H3;(H3,2,3,4). The first-order valence-corrected chi connectivity index (χ1v) is 5.23. The SMILES string of the molecule is CC.CCN(CC)C(O)=S.NC(O)=S. The van der Waals surface area contributed by atoms with Crippen molar-refractivity contribution in [2.24, 2.45) is 5.73 Å². The molecule has 0 aromatic carbocycles. The summed E-state index contributed by atoms with van der Waals surface area (Å²) in [5.74, 6) is 0. The van der Waals surface area contributed by atoms with E-state index in [0.717, 1.165) is 13.1 Å². The molecule has 0 radical (unpaired) electrons. The summed E-state index contributed by atoms with van der Waals surface area (Å²) in [7, 11) is 0. The van der Waals surface area contributed by atoms with Gasteiger partial charge in [0.2, 0.25) is 0 Å². The Bertz CT molecular complexity index is 146. The van der Waals surface area contributed by atoms with Crippen molar-refractivity contribution in [3.8, 4) is 0 Å². The fraction of sp³-hybridized carbons (Fsp3) is 0.750. The first-order valence-electron chi connectivity index (χ1n) is 4.41. The number of aliphatic hydroxyl groups excluding tert-OH is 2. The number of nitrogens with zero attached hydrogens (tertiary/aromatic N) is 1. The van der Waals surface area contributed by atoms with Crippen molar-refractivity contribution >= 4 is 34.8 Å². The zero-order valence-corrected chi connectivity index (χ0v) is 10.8. The van der Waals surface area contributed by atoms with Crippen molar-refractivity contribution in [1.82, 2.24) is 4.90 Å². The van der Waals surface area contributed by atoms with E-state index in [1.807, 2.05) is 27.7 Å². The Morgan fingerprint density at radius 1 is 1.14 bits per heavy atom. The molecule has 0 aliphatic heterocycles. The third-order valence-electron chi connectivity index (χ3n) is 1.03. The summed E-state index contributed by atoms with van der Waals surface area (Å²) in [6, 6.07) is 0. The summed E-state index contributed by atoms with van der Waals surface area (Å²) in [5.41, 5.74) is 4.40. The second kappa shape index (κ2) is 14.9. The highest BCUT2D eigenvalue weighted by Gasteiger charge is 1.98. The molecule has 0 unspecified atom stereocenters. The van der Waals surface area contributed by atoms with Crippen LogP contribution in [0.25, 0.3) is 0 Å². The lowest BCUT2D eigenvalue weighted by Crippen LogP contribution is -2.28. The molecule has 86 valence electrons. The molecule has 0 fully saturated rings. The predicted octanol–water partition coefficient (Wildman–Crippen LogP) is 1.99. The summed E-state index contributed by atoms with van der Waals surface area (Å²) >= 11 is 8.37. The molecule has 4 nitrogen and oxygen atoms in total. The van der Waals surface area contributed by atoms with Crippen LogP contribution in [0.4, 0.5) is 0 Å². The van der Waals surface area contributed by atoms with Gasteiger partial charge in [-0.15, -0.1) is 0 Å². The minimum absolute atomic E-state index is 0.00463. The van der Waals surface area contributed by atoms with Crippen molar-refractivity contribution in [3.63, 3.8) is 0 Å².